The zero-order valence-electron chi connectivity index (χ0n) is 16.8. The van der Waals surface area contributed by atoms with E-state index in [-0.39, 0.29) is 11.7 Å². The lowest BCUT2D eigenvalue weighted by molar-refractivity contribution is -0.113. The van der Waals surface area contributed by atoms with E-state index in [0.717, 1.165) is 16.8 Å². The molecule has 0 spiro atoms. The van der Waals surface area contributed by atoms with E-state index >= 15 is 0 Å². The summed E-state index contributed by atoms with van der Waals surface area (Å²) in [6.45, 7) is 6.01. The predicted octanol–water partition coefficient (Wildman–Crippen LogP) is 5.05. The second-order valence-electron chi connectivity index (χ2n) is 6.86. The molecule has 0 bridgehead atoms. The van der Waals surface area contributed by atoms with Crippen molar-refractivity contribution in [1.82, 2.24) is 15.2 Å². The molecule has 0 aliphatic carbocycles. The van der Waals surface area contributed by atoms with Crippen LogP contribution in [0.25, 0.3) is 22.9 Å². The number of hydrogen-bond donors (Lipinski definition) is 1. The van der Waals surface area contributed by atoms with E-state index in [0.29, 0.717) is 28.1 Å². The van der Waals surface area contributed by atoms with E-state index in [1.807, 2.05) is 32.9 Å². The number of furan rings is 2. The molecule has 0 aliphatic rings. The Bertz CT molecular complexity index is 1150. The Morgan fingerprint density at radius 1 is 0.967 bits per heavy atom. The molecule has 1 amide bonds. The Balaban J connectivity index is 1.51. The molecule has 7 nitrogen and oxygen atoms in total. The van der Waals surface area contributed by atoms with Gasteiger partial charge in [-0.2, -0.15) is 0 Å². The van der Waals surface area contributed by atoms with Gasteiger partial charge in [-0.3, -0.25) is 4.79 Å². The molecule has 3 aromatic heterocycles. The van der Waals surface area contributed by atoms with Crippen LogP contribution in [0, 0.1) is 20.8 Å². The maximum atomic E-state index is 12.5. The van der Waals surface area contributed by atoms with Gasteiger partial charge in [-0.25, -0.2) is 4.98 Å². The fourth-order valence-corrected chi connectivity index (χ4v) is 3.81. The Labute approximate surface area is 177 Å². The molecule has 0 unspecified atom stereocenters. The van der Waals surface area contributed by atoms with Gasteiger partial charge in [0, 0.05) is 5.69 Å². The average Bonchev–Trinajstić information content (AvgIpc) is 3.43. The molecule has 0 radical (unpaired) electrons. The number of anilines is 1. The highest BCUT2D eigenvalue weighted by molar-refractivity contribution is 7.99. The first-order valence-corrected chi connectivity index (χ1v) is 10.3. The second-order valence-corrected chi connectivity index (χ2v) is 7.80. The Hall–Kier alpha value is -3.39. The summed E-state index contributed by atoms with van der Waals surface area (Å²) in [6, 6.07) is 11.2. The van der Waals surface area contributed by atoms with Crippen molar-refractivity contribution in [2.24, 2.45) is 0 Å². The van der Waals surface area contributed by atoms with Crippen molar-refractivity contribution >= 4 is 23.4 Å². The topological polar surface area (TPSA) is 94.1 Å². The number of aryl methyl sites for hydroxylation is 3. The van der Waals surface area contributed by atoms with Crippen LogP contribution in [0.5, 0.6) is 0 Å². The summed E-state index contributed by atoms with van der Waals surface area (Å²) in [5.74, 6) is 1.12. The van der Waals surface area contributed by atoms with Gasteiger partial charge in [0.2, 0.25) is 11.1 Å². The number of thioether (sulfide) groups is 1. The lowest BCUT2D eigenvalue weighted by Gasteiger charge is -2.12. The standard InChI is InChI=1S/C22H20N4O3S/c1-13-10-14(2)19(15(3)11-13)23-18(27)12-30-22-24-20(16-6-4-8-28-16)21(25-26-22)17-7-5-9-29-17/h4-11H,12H2,1-3H3,(H,23,27). The maximum Gasteiger partial charge on any atom is 0.234 e. The van der Waals surface area contributed by atoms with E-state index in [1.165, 1.54) is 17.3 Å². The number of hydrogen-bond acceptors (Lipinski definition) is 7. The van der Waals surface area contributed by atoms with Gasteiger partial charge in [-0.15, -0.1) is 10.2 Å². The Kier molecular flexibility index (Phi) is 5.67. The zero-order valence-corrected chi connectivity index (χ0v) is 17.6. The molecule has 4 aromatic rings. The second kappa shape index (κ2) is 8.54. The summed E-state index contributed by atoms with van der Waals surface area (Å²) in [5.41, 5.74) is 5.07. The number of benzene rings is 1. The Morgan fingerprint density at radius 3 is 2.20 bits per heavy atom. The van der Waals surface area contributed by atoms with Crippen molar-refractivity contribution in [3.8, 4) is 22.9 Å². The summed E-state index contributed by atoms with van der Waals surface area (Å²) in [7, 11) is 0. The molecule has 152 valence electrons. The third kappa shape index (κ3) is 4.28. The van der Waals surface area contributed by atoms with Crippen LogP contribution in [-0.2, 0) is 4.79 Å². The number of rotatable bonds is 6. The zero-order chi connectivity index (χ0) is 21.1. The molecular formula is C22H20N4O3S. The van der Waals surface area contributed by atoms with Gasteiger partial charge < -0.3 is 14.2 Å². The summed E-state index contributed by atoms with van der Waals surface area (Å²) >= 11 is 1.21. The fourth-order valence-electron chi connectivity index (χ4n) is 3.22. The minimum Gasteiger partial charge on any atom is -0.463 e. The highest BCUT2D eigenvalue weighted by Gasteiger charge is 2.18. The lowest BCUT2D eigenvalue weighted by Crippen LogP contribution is -2.16. The summed E-state index contributed by atoms with van der Waals surface area (Å²) in [6.07, 6.45) is 3.13. The average molecular weight is 420 g/mol. The third-order valence-electron chi connectivity index (χ3n) is 4.45. The first-order valence-electron chi connectivity index (χ1n) is 9.34. The van der Waals surface area contributed by atoms with E-state index in [2.05, 4.69) is 20.5 Å². The largest absolute Gasteiger partial charge is 0.463 e. The molecule has 0 aliphatic heterocycles. The number of aromatic nitrogens is 3. The number of nitrogens with zero attached hydrogens (tertiary/aromatic N) is 3. The molecule has 1 N–H and O–H groups in total. The molecule has 0 saturated heterocycles. The van der Waals surface area contributed by atoms with Gasteiger partial charge in [0.1, 0.15) is 5.69 Å². The van der Waals surface area contributed by atoms with Crippen molar-refractivity contribution in [3.05, 3.63) is 65.6 Å². The van der Waals surface area contributed by atoms with Crippen LogP contribution in [0.15, 0.2) is 62.9 Å². The van der Waals surface area contributed by atoms with Gasteiger partial charge >= 0.3 is 0 Å². The Morgan fingerprint density at radius 2 is 1.60 bits per heavy atom. The van der Waals surface area contributed by atoms with Crippen LogP contribution in [0.1, 0.15) is 16.7 Å². The van der Waals surface area contributed by atoms with Gasteiger partial charge in [-0.05, 0) is 56.2 Å². The quantitative estimate of drug-likeness (QED) is 0.436. The summed E-state index contributed by atoms with van der Waals surface area (Å²) in [4.78, 5) is 17.1. The predicted molar refractivity (Wildman–Crippen MR) is 115 cm³/mol. The lowest BCUT2D eigenvalue weighted by atomic mass is 10.1. The van der Waals surface area contributed by atoms with Crippen molar-refractivity contribution in [2.45, 2.75) is 25.9 Å². The van der Waals surface area contributed by atoms with Gasteiger partial charge in [0.25, 0.3) is 0 Å². The van der Waals surface area contributed by atoms with Crippen LogP contribution < -0.4 is 5.32 Å². The van der Waals surface area contributed by atoms with Crippen molar-refractivity contribution in [3.63, 3.8) is 0 Å². The minimum atomic E-state index is -0.131. The van der Waals surface area contributed by atoms with Crippen LogP contribution in [0.4, 0.5) is 5.69 Å². The number of nitrogens with one attached hydrogen (secondary N) is 1. The number of amides is 1. The molecule has 0 atom stereocenters. The normalized spacial score (nSPS) is 10.9. The maximum absolute atomic E-state index is 12.5. The van der Waals surface area contributed by atoms with E-state index in [9.17, 15) is 4.79 Å². The molecule has 3 heterocycles. The van der Waals surface area contributed by atoms with Gasteiger partial charge in [0.05, 0.1) is 18.3 Å². The molecule has 1 aromatic carbocycles. The van der Waals surface area contributed by atoms with Crippen LogP contribution in [0.2, 0.25) is 0 Å². The van der Waals surface area contributed by atoms with Crippen LogP contribution >= 0.6 is 11.8 Å². The van der Waals surface area contributed by atoms with Crippen LogP contribution in [0.3, 0.4) is 0 Å². The van der Waals surface area contributed by atoms with Crippen molar-refractivity contribution in [2.75, 3.05) is 11.1 Å². The summed E-state index contributed by atoms with van der Waals surface area (Å²) < 4.78 is 10.9. The summed E-state index contributed by atoms with van der Waals surface area (Å²) in [5, 5.41) is 11.8. The van der Waals surface area contributed by atoms with Crippen molar-refractivity contribution in [1.29, 1.82) is 0 Å². The molecule has 8 heteroatoms. The molecule has 0 saturated carbocycles. The molecule has 4 rings (SSSR count). The first kappa shape index (κ1) is 19.9. The smallest absolute Gasteiger partial charge is 0.234 e. The third-order valence-corrected chi connectivity index (χ3v) is 5.29. The van der Waals surface area contributed by atoms with E-state index in [4.69, 9.17) is 8.83 Å². The molecule has 0 fully saturated rings. The van der Waals surface area contributed by atoms with Crippen LogP contribution in [-0.4, -0.2) is 26.8 Å². The fraction of sp³-hybridized carbons (Fsp3) is 0.182. The van der Waals surface area contributed by atoms with E-state index < -0.39 is 0 Å². The number of carbonyl (C=O) groups excluding carboxylic acids is 1. The molecule has 30 heavy (non-hydrogen) atoms. The van der Waals surface area contributed by atoms with Gasteiger partial charge in [-0.1, -0.05) is 29.5 Å². The first-order chi connectivity index (χ1) is 14.5. The SMILES string of the molecule is Cc1cc(C)c(NC(=O)CSc2nnc(-c3ccco3)c(-c3ccco3)n2)c(C)c1. The number of carbonyl (C=O) groups is 1. The van der Waals surface area contributed by atoms with Crippen molar-refractivity contribution < 1.29 is 13.6 Å². The molecular weight excluding hydrogens is 400 g/mol. The monoisotopic (exact) mass is 420 g/mol. The minimum absolute atomic E-state index is 0.131. The van der Waals surface area contributed by atoms with E-state index in [1.54, 1.807) is 36.8 Å². The highest BCUT2D eigenvalue weighted by Crippen LogP contribution is 2.30. The van der Waals surface area contributed by atoms with Gasteiger partial charge in [0.15, 0.2) is 17.2 Å². The highest BCUT2D eigenvalue weighted by atomic mass is 32.2.